The normalized spacial score (nSPS) is 22.7. The summed E-state index contributed by atoms with van der Waals surface area (Å²) in [7, 11) is 0. The molecule has 1 aromatic carbocycles. The standard InChI is InChI=1S/C18H26N2O3/c1-17(2,22)12-19-16(21)20-15-14-6-4-3-5-13(14)11-18(15)7-9-23-10-8-18/h3-6,15,22H,7-12H2,1-2H3,(H2,19,20,21). The highest BCUT2D eigenvalue weighted by atomic mass is 16.5. The van der Waals surface area contributed by atoms with E-state index in [0.717, 1.165) is 32.5 Å². The SMILES string of the molecule is CC(C)(O)CNC(=O)NC1c2ccccc2CC12CCOCC2. The summed E-state index contributed by atoms with van der Waals surface area (Å²) in [6, 6.07) is 8.14. The summed E-state index contributed by atoms with van der Waals surface area (Å²) in [5, 5.41) is 15.7. The molecule has 2 amide bonds. The van der Waals surface area contributed by atoms with Gasteiger partial charge in [0.25, 0.3) is 0 Å². The van der Waals surface area contributed by atoms with Crippen LogP contribution in [-0.4, -0.2) is 36.5 Å². The number of fused-ring (bicyclic) bond motifs is 1. The van der Waals surface area contributed by atoms with E-state index in [1.165, 1.54) is 11.1 Å². The fraction of sp³-hybridized carbons (Fsp3) is 0.611. The molecule has 23 heavy (non-hydrogen) atoms. The van der Waals surface area contributed by atoms with Gasteiger partial charge in [0.1, 0.15) is 0 Å². The monoisotopic (exact) mass is 318 g/mol. The molecule has 5 nitrogen and oxygen atoms in total. The number of carbonyl (C=O) groups excluding carboxylic acids is 1. The number of hydrogen-bond donors (Lipinski definition) is 3. The van der Waals surface area contributed by atoms with Gasteiger partial charge in [-0.2, -0.15) is 0 Å². The van der Waals surface area contributed by atoms with Gasteiger partial charge in [0.05, 0.1) is 11.6 Å². The Hall–Kier alpha value is -1.59. The predicted octanol–water partition coefficient (Wildman–Crippen LogP) is 2.15. The second kappa shape index (κ2) is 6.13. The molecule has 1 aromatic rings. The van der Waals surface area contributed by atoms with E-state index in [9.17, 15) is 9.90 Å². The van der Waals surface area contributed by atoms with Gasteiger partial charge in [-0.1, -0.05) is 24.3 Å². The largest absolute Gasteiger partial charge is 0.389 e. The Kier molecular flexibility index (Phi) is 4.34. The number of aliphatic hydroxyl groups is 1. The summed E-state index contributed by atoms with van der Waals surface area (Å²) in [5.74, 6) is 0. The third-order valence-corrected chi connectivity index (χ3v) is 4.97. The molecule has 1 unspecified atom stereocenters. The number of nitrogens with one attached hydrogen (secondary N) is 2. The quantitative estimate of drug-likeness (QED) is 0.800. The highest BCUT2D eigenvalue weighted by molar-refractivity contribution is 5.75. The van der Waals surface area contributed by atoms with Crippen molar-refractivity contribution in [3.8, 4) is 0 Å². The Balaban J connectivity index is 1.77. The predicted molar refractivity (Wildman–Crippen MR) is 88.2 cm³/mol. The Morgan fingerprint density at radius 1 is 1.35 bits per heavy atom. The van der Waals surface area contributed by atoms with Crippen LogP contribution in [0.15, 0.2) is 24.3 Å². The summed E-state index contributed by atoms with van der Waals surface area (Å²) in [5.41, 5.74) is 1.67. The van der Waals surface area contributed by atoms with Crippen LogP contribution >= 0.6 is 0 Å². The molecule has 1 fully saturated rings. The molecule has 2 aliphatic rings. The molecule has 1 aliphatic carbocycles. The molecular formula is C18H26N2O3. The van der Waals surface area contributed by atoms with E-state index in [-0.39, 0.29) is 24.0 Å². The first-order chi connectivity index (χ1) is 10.9. The zero-order chi connectivity index (χ0) is 16.5. The fourth-order valence-corrected chi connectivity index (χ4v) is 3.74. The lowest BCUT2D eigenvalue weighted by atomic mass is 9.74. The van der Waals surface area contributed by atoms with Gasteiger partial charge in [-0.15, -0.1) is 0 Å². The lowest BCUT2D eigenvalue weighted by molar-refractivity contribution is 0.00197. The van der Waals surface area contributed by atoms with Crippen molar-refractivity contribution >= 4 is 6.03 Å². The molecule has 0 saturated carbocycles. The molecule has 1 heterocycles. The molecule has 126 valence electrons. The van der Waals surface area contributed by atoms with Crippen molar-refractivity contribution in [1.29, 1.82) is 0 Å². The van der Waals surface area contributed by atoms with E-state index in [4.69, 9.17) is 4.74 Å². The van der Waals surface area contributed by atoms with E-state index in [1.807, 2.05) is 6.07 Å². The van der Waals surface area contributed by atoms with Crippen molar-refractivity contribution in [2.45, 2.75) is 44.8 Å². The first kappa shape index (κ1) is 16.3. The Labute approximate surface area is 137 Å². The van der Waals surface area contributed by atoms with Crippen LogP contribution in [0, 0.1) is 5.41 Å². The van der Waals surface area contributed by atoms with Crippen LogP contribution < -0.4 is 10.6 Å². The van der Waals surface area contributed by atoms with Gasteiger partial charge in [0.2, 0.25) is 0 Å². The third-order valence-electron chi connectivity index (χ3n) is 4.97. The maximum absolute atomic E-state index is 12.3. The second-order valence-electron chi connectivity index (χ2n) is 7.42. The molecule has 0 radical (unpaired) electrons. The molecule has 3 N–H and O–H groups in total. The van der Waals surface area contributed by atoms with E-state index in [2.05, 4.69) is 28.8 Å². The summed E-state index contributed by atoms with van der Waals surface area (Å²) in [6.07, 6.45) is 2.90. The minimum absolute atomic E-state index is 0.00408. The molecule has 1 aliphatic heterocycles. The molecule has 1 atom stereocenters. The van der Waals surface area contributed by atoms with E-state index in [1.54, 1.807) is 13.8 Å². The lowest BCUT2D eigenvalue weighted by Crippen LogP contribution is -2.48. The highest BCUT2D eigenvalue weighted by Gasteiger charge is 2.47. The van der Waals surface area contributed by atoms with Gasteiger partial charge in [-0.3, -0.25) is 0 Å². The van der Waals surface area contributed by atoms with E-state index in [0.29, 0.717) is 0 Å². The number of hydrogen-bond acceptors (Lipinski definition) is 3. The fourth-order valence-electron chi connectivity index (χ4n) is 3.74. The lowest BCUT2D eigenvalue weighted by Gasteiger charge is -2.39. The van der Waals surface area contributed by atoms with Gasteiger partial charge in [0.15, 0.2) is 0 Å². The average molecular weight is 318 g/mol. The van der Waals surface area contributed by atoms with Gasteiger partial charge in [-0.05, 0) is 44.2 Å². The van der Waals surface area contributed by atoms with Crippen molar-refractivity contribution < 1.29 is 14.6 Å². The van der Waals surface area contributed by atoms with Crippen LogP contribution in [0.3, 0.4) is 0 Å². The van der Waals surface area contributed by atoms with Gasteiger partial charge >= 0.3 is 6.03 Å². The van der Waals surface area contributed by atoms with Crippen molar-refractivity contribution in [3.05, 3.63) is 35.4 Å². The van der Waals surface area contributed by atoms with Crippen LogP contribution in [0.4, 0.5) is 4.79 Å². The third kappa shape index (κ3) is 3.51. The van der Waals surface area contributed by atoms with Gasteiger partial charge in [0, 0.05) is 25.2 Å². The van der Waals surface area contributed by atoms with E-state index < -0.39 is 5.60 Å². The van der Waals surface area contributed by atoms with Crippen LogP contribution in [0.25, 0.3) is 0 Å². The molecule has 3 rings (SSSR count). The minimum Gasteiger partial charge on any atom is -0.389 e. The number of rotatable bonds is 3. The summed E-state index contributed by atoms with van der Waals surface area (Å²) < 4.78 is 5.54. The number of benzene rings is 1. The molecule has 0 aromatic heterocycles. The summed E-state index contributed by atoms with van der Waals surface area (Å²) >= 11 is 0. The van der Waals surface area contributed by atoms with Crippen LogP contribution in [0.2, 0.25) is 0 Å². The van der Waals surface area contributed by atoms with Crippen LogP contribution in [0.1, 0.15) is 43.9 Å². The van der Waals surface area contributed by atoms with Gasteiger partial charge in [-0.25, -0.2) is 4.79 Å². The second-order valence-corrected chi connectivity index (χ2v) is 7.42. The van der Waals surface area contributed by atoms with Crippen molar-refractivity contribution in [2.24, 2.45) is 5.41 Å². The number of ether oxygens (including phenoxy) is 1. The molecule has 5 heteroatoms. The zero-order valence-corrected chi connectivity index (χ0v) is 13.9. The topological polar surface area (TPSA) is 70.6 Å². The maximum atomic E-state index is 12.3. The average Bonchev–Trinajstić information content (AvgIpc) is 2.79. The summed E-state index contributed by atoms with van der Waals surface area (Å²) in [6.45, 7) is 5.08. The number of carbonyl (C=O) groups is 1. The van der Waals surface area contributed by atoms with Crippen molar-refractivity contribution in [3.63, 3.8) is 0 Å². The van der Waals surface area contributed by atoms with Crippen LogP contribution in [0.5, 0.6) is 0 Å². The Morgan fingerprint density at radius 3 is 2.74 bits per heavy atom. The molecule has 1 saturated heterocycles. The van der Waals surface area contributed by atoms with Crippen LogP contribution in [-0.2, 0) is 11.2 Å². The molecule has 1 spiro atoms. The Morgan fingerprint density at radius 2 is 2.04 bits per heavy atom. The first-order valence-corrected chi connectivity index (χ1v) is 8.32. The number of urea groups is 1. The number of amides is 2. The molecule has 0 bridgehead atoms. The minimum atomic E-state index is -0.915. The van der Waals surface area contributed by atoms with E-state index >= 15 is 0 Å². The maximum Gasteiger partial charge on any atom is 0.315 e. The van der Waals surface area contributed by atoms with Crippen molar-refractivity contribution in [1.82, 2.24) is 10.6 Å². The molecular weight excluding hydrogens is 292 g/mol. The summed E-state index contributed by atoms with van der Waals surface area (Å²) in [4.78, 5) is 12.3. The van der Waals surface area contributed by atoms with Crippen molar-refractivity contribution in [2.75, 3.05) is 19.8 Å². The Bertz CT molecular complexity index is 574. The van der Waals surface area contributed by atoms with Gasteiger partial charge < -0.3 is 20.5 Å². The first-order valence-electron chi connectivity index (χ1n) is 8.32. The zero-order valence-electron chi connectivity index (χ0n) is 13.9. The highest BCUT2D eigenvalue weighted by Crippen LogP contribution is 2.51. The smallest absolute Gasteiger partial charge is 0.315 e.